The summed E-state index contributed by atoms with van der Waals surface area (Å²) in [4.78, 5) is 0. The molecule has 1 aromatic carbocycles. The molecule has 1 saturated heterocycles. The van der Waals surface area contributed by atoms with E-state index in [1.807, 2.05) is 0 Å². The third-order valence-electron chi connectivity index (χ3n) is 3.58. The topological polar surface area (TPSA) is 21.3 Å². The zero-order valence-electron chi connectivity index (χ0n) is 10.9. The van der Waals surface area contributed by atoms with Crippen molar-refractivity contribution >= 4 is 0 Å². The summed E-state index contributed by atoms with van der Waals surface area (Å²) in [7, 11) is 0. The van der Waals surface area contributed by atoms with Crippen molar-refractivity contribution in [3.8, 4) is 0 Å². The van der Waals surface area contributed by atoms with Gasteiger partial charge in [0.15, 0.2) is 0 Å². The fraction of sp³-hybridized carbons (Fsp3) is 0.600. The molecule has 1 aliphatic rings. The minimum Gasteiger partial charge on any atom is -0.377 e. The van der Waals surface area contributed by atoms with Crippen LogP contribution in [0.3, 0.4) is 0 Å². The second kappa shape index (κ2) is 6.18. The number of hydrogen-bond acceptors (Lipinski definition) is 2. The number of rotatable bonds is 5. The first kappa shape index (κ1) is 12.6. The number of ether oxygens (including phenoxy) is 1. The lowest BCUT2D eigenvalue weighted by Crippen LogP contribution is -2.36. The molecule has 2 heteroatoms. The maximum Gasteiger partial charge on any atom is 0.0726 e. The average molecular weight is 233 g/mol. The van der Waals surface area contributed by atoms with E-state index in [4.69, 9.17) is 4.74 Å². The molecule has 1 fully saturated rings. The molecule has 0 aliphatic carbocycles. The quantitative estimate of drug-likeness (QED) is 0.844. The van der Waals surface area contributed by atoms with Crippen LogP contribution in [0.2, 0.25) is 0 Å². The summed E-state index contributed by atoms with van der Waals surface area (Å²) in [6, 6.07) is 9.31. The lowest BCUT2D eigenvalue weighted by Gasteiger charge is -2.20. The van der Waals surface area contributed by atoms with Crippen molar-refractivity contribution < 1.29 is 4.74 Å². The molecular formula is C15H23NO. The van der Waals surface area contributed by atoms with E-state index < -0.39 is 0 Å². The minimum atomic E-state index is 0.407. The third-order valence-corrected chi connectivity index (χ3v) is 3.58. The molecule has 2 nitrogen and oxygen atoms in total. The van der Waals surface area contributed by atoms with Gasteiger partial charge in [-0.1, -0.05) is 31.2 Å². The Kier molecular flexibility index (Phi) is 4.57. The van der Waals surface area contributed by atoms with Crippen molar-refractivity contribution in [1.29, 1.82) is 0 Å². The van der Waals surface area contributed by atoms with Crippen LogP contribution in [0.15, 0.2) is 24.3 Å². The molecular weight excluding hydrogens is 210 g/mol. The molecule has 2 atom stereocenters. The molecule has 2 unspecified atom stereocenters. The summed E-state index contributed by atoms with van der Waals surface area (Å²) >= 11 is 0. The maximum atomic E-state index is 5.68. The van der Waals surface area contributed by atoms with Gasteiger partial charge in [0.05, 0.1) is 6.10 Å². The SMILES string of the molecule is CCc1ccc(CNC(C)C2CCCO2)cc1. The Bertz CT molecular complexity index is 327. The van der Waals surface area contributed by atoms with Crippen molar-refractivity contribution in [2.75, 3.05) is 6.61 Å². The van der Waals surface area contributed by atoms with Gasteiger partial charge in [-0.25, -0.2) is 0 Å². The average Bonchev–Trinajstić information content (AvgIpc) is 2.90. The first-order valence-corrected chi connectivity index (χ1v) is 6.72. The normalized spacial score (nSPS) is 21.6. The Balaban J connectivity index is 1.80. The van der Waals surface area contributed by atoms with Gasteiger partial charge in [0.1, 0.15) is 0 Å². The Morgan fingerprint density at radius 2 is 2.00 bits per heavy atom. The van der Waals surface area contributed by atoms with Gasteiger partial charge < -0.3 is 10.1 Å². The Labute approximate surface area is 104 Å². The van der Waals surface area contributed by atoms with Crippen LogP contribution in [0, 0.1) is 0 Å². The van der Waals surface area contributed by atoms with Crippen molar-refractivity contribution in [3.63, 3.8) is 0 Å². The van der Waals surface area contributed by atoms with Gasteiger partial charge in [-0.2, -0.15) is 0 Å². The summed E-state index contributed by atoms with van der Waals surface area (Å²) < 4.78 is 5.68. The van der Waals surface area contributed by atoms with E-state index in [1.54, 1.807) is 0 Å². The van der Waals surface area contributed by atoms with E-state index in [0.29, 0.717) is 12.1 Å². The van der Waals surface area contributed by atoms with Crippen molar-refractivity contribution in [2.45, 2.75) is 51.8 Å². The minimum absolute atomic E-state index is 0.407. The van der Waals surface area contributed by atoms with E-state index >= 15 is 0 Å². The summed E-state index contributed by atoms with van der Waals surface area (Å²) in [5.41, 5.74) is 2.76. The fourth-order valence-electron chi connectivity index (χ4n) is 2.30. The van der Waals surface area contributed by atoms with Crippen LogP contribution < -0.4 is 5.32 Å². The Morgan fingerprint density at radius 3 is 2.59 bits per heavy atom. The highest BCUT2D eigenvalue weighted by atomic mass is 16.5. The molecule has 0 aromatic heterocycles. The van der Waals surface area contributed by atoms with Crippen molar-refractivity contribution in [1.82, 2.24) is 5.32 Å². The van der Waals surface area contributed by atoms with Crippen LogP contribution in [0.25, 0.3) is 0 Å². The maximum absolute atomic E-state index is 5.68. The van der Waals surface area contributed by atoms with E-state index in [9.17, 15) is 0 Å². The van der Waals surface area contributed by atoms with Crippen LogP contribution in [0.5, 0.6) is 0 Å². The monoisotopic (exact) mass is 233 g/mol. The van der Waals surface area contributed by atoms with Crippen LogP contribution in [-0.4, -0.2) is 18.8 Å². The van der Waals surface area contributed by atoms with E-state index in [1.165, 1.54) is 24.0 Å². The van der Waals surface area contributed by atoms with Gasteiger partial charge in [0.2, 0.25) is 0 Å². The fourth-order valence-corrected chi connectivity index (χ4v) is 2.30. The summed E-state index contributed by atoms with van der Waals surface area (Å²) in [6.07, 6.45) is 3.93. The highest BCUT2D eigenvalue weighted by Crippen LogP contribution is 2.15. The third kappa shape index (κ3) is 3.55. The van der Waals surface area contributed by atoms with Gasteiger partial charge in [-0.3, -0.25) is 0 Å². The van der Waals surface area contributed by atoms with Crippen molar-refractivity contribution in [3.05, 3.63) is 35.4 Å². The predicted molar refractivity (Wildman–Crippen MR) is 71.1 cm³/mol. The molecule has 0 amide bonds. The van der Waals surface area contributed by atoms with Crippen molar-refractivity contribution in [2.24, 2.45) is 0 Å². The first-order valence-electron chi connectivity index (χ1n) is 6.72. The molecule has 0 saturated carbocycles. The first-order chi connectivity index (χ1) is 8.29. The van der Waals surface area contributed by atoms with Crippen LogP contribution in [-0.2, 0) is 17.7 Å². The highest BCUT2D eigenvalue weighted by molar-refractivity contribution is 5.22. The standard InChI is InChI=1S/C15H23NO/c1-3-13-6-8-14(9-7-13)11-16-12(2)15-5-4-10-17-15/h6-9,12,15-16H,3-5,10-11H2,1-2H3. The lowest BCUT2D eigenvalue weighted by atomic mass is 10.1. The smallest absolute Gasteiger partial charge is 0.0726 e. The molecule has 94 valence electrons. The van der Waals surface area contributed by atoms with Crippen LogP contribution >= 0.6 is 0 Å². The molecule has 0 bridgehead atoms. The largest absolute Gasteiger partial charge is 0.377 e. The number of benzene rings is 1. The number of hydrogen-bond donors (Lipinski definition) is 1. The predicted octanol–water partition coefficient (Wildman–Crippen LogP) is 2.91. The van der Waals surface area contributed by atoms with Crippen LogP contribution in [0.1, 0.15) is 37.8 Å². The molecule has 1 heterocycles. The molecule has 1 aromatic rings. The van der Waals surface area contributed by atoms with E-state index in [2.05, 4.69) is 43.4 Å². The van der Waals surface area contributed by atoms with Gasteiger partial charge in [0, 0.05) is 19.2 Å². The van der Waals surface area contributed by atoms with Gasteiger partial charge >= 0.3 is 0 Å². The summed E-state index contributed by atoms with van der Waals surface area (Å²) in [5, 5.41) is 3.55. The van der Waals surface area contributed by atoms with E-state index in [0.717, 1.165) is 19.6 Å². The zero-order chi connectivity index (χ0) is 12.1. The van der Waals surface area contributed by atoms with Gasteiger partial charge in [-0.15, -0.1) is 0 Å². The number of aryl methyl sites for hydroxylation is 1. The van der Waals surface area contributed by atoms with Gasteiger partial charge in [-0.05, 0) is 37.3 Å². The number of nitrogens with one attached hydrogen (secondary N) is 1. The molecule has 1 aliphatic heterocycles. The molecule has 17 heavy (non-hydrogen) atoms. The Morgan fingerprint density at radius 1 is 1.29 bits per heavy atom. The van der Waals surface area contributed by atoms with Crippen LogP contribution in [0.4, 0.5) is 0 Å². The second-order valence-corrected chi connectivity index (χ2v) is 4.89. The summed E-state index contributed by atoms with van der Waals surface area (Å²) in [5.74, 6) is 0. The zero-order valence-corrected chi connectivity index (χ0v) is 10.9. The molecule has 2 rings (SSSR count). The molecule has 0 radical (unpaired) electrons. The van der Waals surface area contributed by atoms with E-state index in [-0.39, 0.29) is 0 Å². The van der Waals surface area contributed by atoms with Gasteiger partial charge in [0.25, 0.3) is 0 Å². The highest BCUT2D eigenvalue weighted by Gasteiger charge is 2.21. The Hall–Kier alpha value is -0.860. The molecule has 0 spiro atoms. The molecule has 1 N–H and O–H groups in total. The lowest BCUT2D eigenvalue weighted by molar-refractivity contribution is 0.0832. The summed E-state index contributed by atoms with van der Waals surface area (Å²) in [6.45, 7) is 6.27. The second-order valence-electron chi connectivity index (χ2n) is 4.89.